The summed E-state index contributed by atoms with van der Waals surface area (Å²) in [7, 11) is 0. The number of aryl methyl sites for hydroxylation is 1. The number of carbonyl (C=O) groups is 1. The molecule has 1 aliphatic heterocycles. The molecule has 1 unspecified atom stereocenters. The van der Waals surface area contributed by atoms with Gasteiger partial charge < -0.3 is 14.2 Å². The summed E-state index contributed by atoms with van der Waals surface area (Å²) in [5.41, 5.74) is 1.19. The van der Waals surface area contributed by atoms with E-state index in [1.807, 2.05) is 36.1 Å². The lowest BCUT2D eigenvalue weighted by molar-refractivity contribution is -0.139. The van der Waals surface area contributed by atoms with Crippen LogP contribution >= 0.6 is 0 Å². The summed E-state index contributed by atoms with van der Waals surface area (Å²) in [6.07, 6.45) is 5.09. The van der Waals surface area contributed by atoms with E-state index in [1.165, 1.54) is 5.56 Å². The average Bonchev–Trinajstić information content (AvgIpc) is 3.21. The van der Waals surface area contributed by atoms with Gasteiger partial charge in [-0.25, -0.2) is 0 Å². The van der Waals surface area contributed by atoms with Gasteiger partial charge >= 0.3 is 0 Å². The van der Waals surface area contributed by atoms with Gasteiger partial charge in [0.1, 0.15) is 5.75 Å². The number of aromatic nitrogens is 2. The maximum absolute atomic E-state index is 12.6. The largest absolute Gasteiger partial charge is 0.484 e. The molecule has 1 saturated carbocycles. The number of likely N-dealkylation sites (tertiary alicyclic amines) is 1. The fraction of sp³-hybridized carbons (Fsp3) is 0.526. The smallest absolute Gasteiger partial charge is 0.264 e. The molecule has 6 nitrogen and oxygen atoms in total. The Bertz CT molecular complexity index is 737. The zero-order chi connectivity index (χ0) is 17.2. The van der Waals surface area contributed by atoms with E-state index in [0.717, 1.165) is 44.4 Å². The Labute approximate surface area is 147 Å². The summed E-state index contributed by atoms with van der Waals surface area (Å²) in [6.45, 7) is 3.06. The van der Waals surface area contributed by atoms with Crippen LogP contribution in [0.5, 0.6) is 5.75 Å². The zero-order valence-corrected chi connectivity index (χ0v) is 14.5. The van der Waals surface area contributed by atoms with Crippen LogP contribution in [-0.4, -0.2) is 27.5 Å². The van der Waals surface area contributed by atoms with Crippen molar-refractivity contribution in [2.45, 2.75) is 51.7 Å². The number of amides is 1. The SMILES string of the molecule is Cc1ccc(OCc2nc(C3CCCN3C(=O)C3CCC3)no2)cc1. The van der Waals surface area contributed by atoms with Crippen molar-refractivity contribution in [3.8, 4) is 5.75 Å². The van der Waals surface area contributed by atoms with Crippen LogP contribution in [0.2, 0.25) is 0 Å². The van der Waals surface area contributed by atoms with Gasteiger partial charge in [0, 0.05) is 12.5 Å². The Morgan fingerprint density at radius 2 is 2.04 bits per heavy atom. The van der Waals surface area contributed by atoms with Gasteiger partial charge in [0.15, 0.2) is 12.4 Å². The number of ether oxygens (including phenoxy) is 1. The molecule has 1 amide bonds. The minimum absolute atomic E-state index is 0.0509. The zero-order valence-electron chi connectivity index (χ0n) is 14.5. The molecule has 1 atom stereocenters. The predicted molar refractivity (Wildman–Crippen MR) is 90.8 cm³/mol. The summed E-state index contributed by atoms with van der Waals surface area (Å²) in [5, 5.41) is 4.10. The van der Waals surface area contributed by atoms with E-state index in [9.17, 15) is 4.79 Å². The Morgan fingerprint density at radius 3 is 2.76 bits per heavy atom. The van der Waals surface area contributed by atoms with E-state index in [1.54, 1.807) is 0 Å². The number of nitrogens with zero attached hydrogens (tertiary/aromatic N) is 3. The quantitative estimate of drug-likeness (QED) is 0.833. The second-order valence-corrected chi connectivity index (χ2v) is 6.97. The standard InChI is InChI=1S/C19H23N3O3/c1-13-7-9-15(10-8-13)24-12-17-20-18(21-25-17)16-6-3-11-22(16)19(23)14-4-2-5-14/h7-10,14,16H,2-6,11-12H2,1H3. The van der Waals surface area contributed by atoms with E-state index in [0.29, 0.717) is 11.7 Å². The molecule has 4 rings (SSSR count). The maximum atomic E-state index is 12.6. The first-order valence-electron chi connectivity index (χ1n) is 9.03. The van der Waals surface area contributed by atoms with Gasteiger partial charge in [-0.15, -0.1) is 0 Å². The van der Waals surface area contributed by atoms with Gasteiger partial charge in [-0.1, -0.05) is 29.3 Å². The summed E-state index contributed by atoms with van der Waals surface area (Å²) >= 11 is 0. The van der Waals surface area contributed by atoms with Crippen LogP contribution in [0.25, 0.3) is 0 Å². The summed E-state index contributed by atoms with van der Waals surface area (Å²) in [4.78, 5) is 19.0. The van der Waals surface area contributed by atoms with Crippen molar-refractivity contribution in [2.75, 3.05) is 6.54 Å². The lowest BCUT2D eigenvalue weighted by atomic mass is 9.84. The van der Waals surface area contributed by atoms with Crippen LogP contribution in [0.1, 0.15) is 55.4 Å². The van der Waals surface area contributed by atoms with Crippen LogP contribution in [-0.2, 0) is 11.4 Å². The number of rotatable bonds is 5. The van der Waals surface area contributed by atoms with E-state index in [4.69, 9.17) is 9.26 Å². The number of benzene rings is 1. The number of carbonyl (C=O) groups excluding carboxylic acids is 1. The van der Waals surface area contributed by atoms with Crippen LogP contribution in [0.15, 0.2) is 28.8 Å². The normalized spacial score (nSPS) is 20.5. The van der Waals surface area contributed by atoms with Crippen molar-refractivity contribution in [1.29, 1.82) is 0 Å². The highest BCUT2D eigenvalue weighted by atomic mass is 16.5. The van der Waals surface area contributed by atoms with Crippen molar-refractivity contribution in [1.82, 2.24) is 15.0 Å². The lowest BCUT2D eigenvalue weighted by Crippen LogP contribution is -2.38. The van der Waals surface area contributed by atoms with E-state index in [2.05, 4.69) is 10.1 Å². The van der Waals surface area contributed by atoms with Gasteiger partial charge in [0.05, 0.1) is 6.04 Å². The molecule has 0 radical (unpaired) electrons. The molecule has 0 spiro atoms. The van der Waals surface area contributed by atoms with Crippen molar-refractivity contribution in [3.05, 3.63) is 41.5 Å². The molecule has 2 heterocycles. The third-order valence-electron chi connectivity index (χ3n) is 5.16. The molecule has 0 bridgehead atoms. The van der Waals surface area contributed by atoms with Crippen LogP contribution in [0.3, 0.4) is 0 Å². The Kier molecular flexibility index (Phi) is 4.42. The predicted octanol–water partition coefficient (Wildman–Crippen LogP) is 3.42. The fourth-order valence-corrected chi connectivity index (χ4v) is 3.43. The van der Waals surface area contributed by atoms with Gasteiger partial charge in [-0.05, 0) is 44.7 Å². The second kappa shape index (κ2) is 6.86. The molecule has 1 aromatic heterocycles. The van der Waals surface area contributed by atoms with Crippen LogP contribution in [0.4, 0.5) is 0 Å². The summed E-state index contributed by atoms with van der Waals surface area (Å²) < 4.78 is 11.0. The molecule has 0 N–H and O–H groups in total. The van der Waals surface area contributed by atoms with Crippen molar-refractivity contribution >= 4 is 5.91 Å². The number of hydrogen-bond donors (Lipinski definition) is 0. The summed E-state index contributed by atoms with van der Waals surface area (Å²) in [5.74, 6) is 2.28. The molecular weight excluding hydrogens is 318 g/mol. The highest BCUT2D eigenvalue weighted by Crippen LogP contribution is 2.36. The van der Waals surface area contributed by atoms with Crippen LogP contribution < -0.4 is 4.74 Å². The molecule has 1 aromatic carbocycles. The molecule has 2 aliphatic rings. The monoisotopic (exact) mass is 341 g/mol. The first-order valence-corrected chi connectivity index (χ1v) is 9.03. The number of hydrogen-bond acceptors (Lipinski definition) is 5. The topological polar surface area (TPSA) is 68.5 Å². The van der Waals surface area contributed by atoms with Crippen molar-refractivity contribution < 1.29 is 14.1 Å². The molecular formula is C19H23N3O3. The van der Waals surface area contributed by atoms with E-state index in [-0.39, 0.29) is 24.5 Å². The Morgan fingerprint density at radius 1 is 1.24 bits per heavy atom. The second-order valence-electron chi connectivity index (χ2n) is 6.97. The third-order valence-corrected chi connectivity index (χ3v) is 5.16. The third kappa shape index (κ3) is 3.38. The fourth-order valence-electron chi connectivity index (χ4n) is 3.43. The molecule has 1 saturated heterocycles. The first kappa shape index (κ1) is 16.1. The minimum Gasteiger partial charge on any atom is -0.484 e. The molecule has 1 aliphatic carbocycles. The summed E-state index contributed by atoms with van der Waals surface area (Å²) in [6, 6.07) is 7.78. The average molecular weight is 341 g/mol. The van der Waals surface area contributed by atoms with Crippen molar-refractivity contribution in [2.24, 2.45) is 5.92 Å². The molecule has 25 heavy (non-hydrogen) atoms. The van der Waals surface area contributed by atoms with Gasteiger partial charge in [-0.3, -0.25) is 4.79 Å². The minimum atomic E-state index is -0.0509. The van der Waals surface area contributed by atoms with Gasteiger partial charge in [0.2, 0.25) is 5.91 Å². The first-order chi connectivity index (χ1) is 12.2. The molecule has 2 aromatic rings. The highest BCUT2D eigenvalue weighted by molar-refractivity contribution is 5.80. The molecule has 6 heteroatoms. The molecule has 132 valence electrons. The van der Waals surface area contributed by atoms with Gasteiger partial charge in [-0.2, -0.15) is 4.98 Å². The van der Waals surface area contributed by atoms with E-state index >= 15 is 0 Å². The highest BCUT2D eigenvalue weighted by Gasteiger charge is 2.38. The Hall–Kier alpha value is -2.37. The van der Waals surface area contributed by atoms with Gasteiger partial charge in [0.25, 0.3) is 5.89 Å². The molecule has 2 fully saturated rings. The maximum Gasteiger partial charge on any atom is 0.264 e. The lowest BCUT2D eigenvalue weighted by Gasteiger charge is -2.31. The van der Waals surface area contributed by atoms with Crippen molar-refractivity contribution in [3.63, 3.8) is 0 Å². The Balaban J connectivity index is 1.39. The van der Waals surface area contributed by atoms with E-state index < -0.39 is 0 Å². The van der Waals surface area contributed by atoms with Crippen LogP contribution in [0, 0.1) is 12.8 Å².